The topological polar surface area (TPSA) is 39.9 Å². The molecule has 0 bridgehead atoms. The van der Waals surface area contributed by atoms with Crippen molar-refractivity contribution in [1.82, 2.24) is 14.8 Å². The molecule has 0 fully saturated rings. The number of rotatable bonds is 4. The molecule has 0 amide bonds. The number of nitrogens with zero attached hydrogens (tertiary/aromatic N) is 3. The lowest BCUT2D eigenvalue weighted by atomic mass is 10.1. The van der Waals surface area contributed by atoms with Crippen molar-refractivity contribution < 1.29 is 4.74 Å². The summed E-state index contributed by atoms with van der Waals surface area (Å²) < 4.78 is 7.34. The zero-order valence-corrected chi connectivity index (χ0v) is 10.6. The summed E-state index contributed by atoms with van der Waals surface area (Å²) in [6.07, 6.45) is 0.764. The summed E-state index contributed by atoms with van der Waals surface area (Å²) in [5.41, 5.74) is -0.190. The second-order valence-electron chi connectivity index (χ2n) is 3.87. The van der Waals surface area contributed by atoms with Gasteiger partial charge in [0.25, 0.3) is 0 Å². The van der Waals surface area contributed by atoms with Crippen LogP contribution in [0, 0.1) is 0 Å². The zero-order valence-electron chi connectivity index (χ0n) is 9.04. The molecule has 0 N–H and O–H groups in total. The van der Waals surface area contributed by atoms with Crippen LogP contribution in [0.2, 0.25) is 0 Å². The first-order chi connectivity index (χ1) is 6.50. The molecule has 1 rings (SSSR count). The Hall–Kier alpha value is -0.420. The highest BCUT2D eigenvalue weighted by molar-refractivity contribution is 9.08. The highest BCUT2D eigenvalue weighted by Gasteiger charge is 2.21. The average molecular weight is 262 g/mol. The minimum absolute atomic E-state index is 0.190. The highest BCUT2D eigenvalue weighted by Crippen LogP contribution is 2.15. The SMILES string of the molecule is COC(C)(C)Cc1nnc(CBr)n1C. The monoisotopic (exact) mass is 261 g/mol. The Balaban J connectivity index is 2.82. The quantitative estimate of drug-likeness (QED) is 0.775. The number of alkyl halides is 1. The Labute approximate surface area is 92.8 Å². The van der Waals surface area contributed by atoms with Crippen molar-refractivity contribution in [1.29, 1.82) is 0 Å². The molecule has 0 aliphatic rings. The molecule has 1 heterocycles. The van der Waals surface area contributed by atoms with Crippen LogP contribution in [0.25, 0.3) is 0 Å². The summed E-state index contributed by atoms with van der Waals surface area (Å²) in [6, 6.07) is 0. The van der Waals surface area contributed by atoms with E-state index < -0.39 is 0 Å². The molecule has 0 atom stereocenters. The smallest absolute Gasteiger partial charge is 0.143 e. The number of hydrogen-bond acceptors (Lipinski definition) is 3. The van der Waals surface area contributed by atoms with Gasteiger partial charge in [-0.15, -0.1) is 10.2 Å². The van der Waals surface area contributed by atoms with Crippen molar-refractivity contribution in [2.45, 2.75) is 31.2 Å². The summed E-state index contributed by atoms with van der Waals surface area (Å²) in [5.74, 6) is 1.89. The predicted molar refractivity (Wildman–Crippen MR) is 58.4 cm³/mol. The molecule has 80 valence electrons. The fourth-order valence-corrected chi connectivity index (χ4v) is 1.61. The Morgan fingerprint density at radius 2 is 1.93 bits per heavy atom. The van der Waals surface area contributed by atoms with Gasteiger partial charge >= 0.3 is 0 Å². The van der Waals surface area contributed by atoms with Crippen molar-refractivity contribution >= 4 is 15.9 Å². The molecule has 1 aromatic heterocycles. The van der Waals surface area contributed by atoms with E-state index in [0.717, 1.165) is 23.4 Å². The van der Waals surface area contributed by atoms with E-state index in [1.54, 1.807) is 7.11 Å². The molecule has 0 spiro atoms. The maximum absolute atomic E-state index is 5.35. The maximum Gasteiger partial charge on any atom is 0.143 e. The maximum atomic E-state index is 5.35. The molecule has 0 saturated carbocycles. The summed E-state index contributed by atoms with van der Waals surface area (Å²) >= 11 is 3.36. The third-order valence-corrected chi connectivity index (χ3v) is 2.81. The third-order valence-electron chi connectivity index (χ3n) is 2.31. The molecular weight excluding hydrogens is 246 g/mol. The van der Waals surface area contributed by atoms with Crippen LogP contribution in [0.1, 0.15) is 25.5 Å². The minimum Gasteiger partial charge on any atom is -0.378 e. The summed E-state index contributed by atoms with van der Waals surface area (Å²) in [5, 5.41) is 8.91. The van der Waals surface area contributed by atoms with Gasteiger partial charge < -0.3 is 9.30 Å². The van der Waals surface area contributed by atoms with Crippen LogP contribution in [-0.4, -0.2) is 27.5 Å². The van der Waals surface area contributed by atoms with E-state index >= 15 is 0 Å². The Morgan fingerprint density at radius 1 is 1.36 bits per heavy atom. The van der Waals surface area contributed by atoms with E-state index in [1.807, 2.05) is 25.5 Å². The molecule has 1 aromatic rings. The molecule has 0 aliphatic heterocycles. The van der Waals surface area contributed by atoms with Crippen LogP contribution in [0.5, 0.6) is 0 Å². The molecule has 0 unspecified atom stereocenters. The van der Waals surface area contributed by atoms with Crippen molar-refractivity contribution in [3.63, 3.8) is 0 Å². The van der Waals surface area contributed by atoms with E-state index in [4.69, 9.17) is 4.74 Å². The van der Waals surface area contributed by atoms with Gasteiger partial charge in [0.05, 0.1) is 10.9 Å². The van der Waals surface area contributed by atoms with E-state index in [0.29, 0.717) is 0 Å². The summed E-state index contributed by atoms with van der Waals surface area (Å²) in [7, 11) is 3.68. The fraction of sp³-hybridized carbons (Fsp3) is 0.778. The van der Waals surface area contributed by atoms with E-state index in [9.17, 15) is 0 Å². The number of halogens is 1. The van der Waals surface area contributed by atoms with Gasteiger partial charge in [0, 0.05) is 20.6 Å². The number of aromatic nitrogens is 3. The van der Waals surface area contributed by atoms with Crippen molar-refractivity contribution in [2.75, 3.05) is 7.11 Å². The largest absolute Gasteiger partial charge is 0.378 e. The van der Waals surface area contributed by atoms with Crippen LogP contribution >= 0.6 is 15.9 Å². The Morgan fingerprint density at radius 3 is 2.36 bits per heavy atom. The van der Waals surface area contributed by atoms with Gasteiger partial charge in [-0.3, -0.25) is 0 Å². The summed E-state index contributed by atoms with van der Waals surface area (Å²) in [6.45, 7) is 4.07. The molecular formula is C9H16BrN3O. The minimum atomic E-state index is -0.190. The first-order valence-corrected chi connectivity index (χ1v) is 5.60. The third kappa shape index (κ3) is 2.54. The van der Waals surface area contributed by atoms with Crippen LogP contribution in [-0.2, 0) is 23.5 Å². The lowest BCUT2D eigenvalue weighted by Gasteiger charge is -2.21. The summed E-state index contributed by atoms with van der Waals surface area (Å²) in [4.78, 5) is 0. The van der Waals surface area contributed by atoms with Crippen LogP contribution < -0.4 is 0 Å². The molecule has 0 aromatic carbocycles. The first kappa shape index (κ1) is 11.7. The number of hydrogen-bond donors (Lipinski definition) is 0. The van der Waals surface area contributed by atoms with Gasteiger partial charge in [-0.1, -0.05) is 15.9 Å². The van der Waals surface area contributed by atoms with Gasteiger partial charge in [0.2, 0.25) is 0 Å². The Kier molecular flexibility index (Phi) is 3.66. The van der Waals surface area contributed by atoms with Gasteiger partial charge in [-0.2, -0.15) is 0 Å². The zero-order chi connectivity index (χ0) is 10.8. The van der Waals surface area contributed by atoms with Gasteiger partial charge in [-0.25, -0.2) is 0 Å². The van der Waals surface area contributed by atoms with Gasteiger partial charge in [0.1, 0.15) is 11.6 Å². The van der Waals surface area contributed by atoms with Crippen molar-refractivity contribution in [2.24, 2.45) is 7.05 Å². The fourth-order valence-electron chi connectivity index (χ4n) is 1.12. The van der Waals surface area contributed by atoms with E-state index in [2.05, 4.69) is 26.1 Å². The molecule has 0 saturated heterocycles. The Bertz CT molecular complexity index is 309. The number of methoxy groups -OCH3 is 1. The molecule has 0 aliphatic carbocycles. The molecule has 4 nitrogen and oxygen atoms in total. The van der Waals surface area contributed by atoms with Crippen molar-refractivity contribution in [3.8, 4) is 0 Å². The van der Waals surface area contributed by atoms with E-state index in [1.165, 1.54) is 0 Å². The van der Waals surface area contributed by atoms with Gasteiger partial charge in [0.15, 0.2) is 0 Å². The molecule has 14 heavy (non-hydrogen) atoms. The predicted octanol–water partition coefficient (Wildman–Crippen LogP) is 1.68. The normalized spacial score (nSPS) is 12.1. The van der Waals surface area contributed by atoms with Crippen LogP contribution in [0.4, 0.5) is 0 Å². The highest BCUT2D eigenvalue weighted by atomic mass is 79.9. The van der Waals surface area contributed by atoms with Crippen molar-refractivity contribution in [3.05, 3.63) is 11.6 Å². The second kappa shape index (κ2) is 4.40. The second-order valence-corrected chi connectivity index (χ2v) is 4.43. The van der Waals surface area contributed by atoms with Gasteiger partial charge in [-0.05, 0) is 13.8 Å². The van der Waals surface area contributed by atoms with Crippen LogP contribution in [0.15, 0.2) is 0 Å². The molecule has 5 heteroatoms. The average Bonchev–Trinajstić information content (AvgIpc) is 2.47. The van der Waals surface area contributed by atoms with E-state index in [-0.39, 0.29) is 5.60 Å². The lowest BCUT2D eigenvalue weighted by Crippen LogP contribution is -2.27. The van der Waals surface area contributed by atoms with Crippen LogP contribution in [0.3, 0.4) is 0 Å². The molecule has 0 radical (unpaired) electrons. The number of ether oxygens (including phenoxy) is 1. The first-order valence-electron chi connectivity index (χ1n) is 4.48. The lowest BCUT2D eigenvalue weighted by molar-refractivity contribution is 0.0210. The standard InChI is InChI=1S/C9H16BrN3O/c1-9(2,14-4)5-7-11-12-8(6-10)13(7)3/h5-6H2,1-4H3.